The summed E-state index contributed by atoms with van der Waals surface area (Å²) in [6.07, 6.45) is -2.37. The van der Waals surface area contributed by atoms with E-state index in [4.69, 9.17) is 29.2 Å². The average Bonchev–Trinajstić information content (AvgIpc) is 3.31. The number of ether oxygens (including phenoxy) is 4. The van der Waals surface area contributed by atoms with Gasteiger partial charge in [0.1, 0.15) is 0 Å². The van der Waals surface area contributed by atoms with E-state index < -0.39 is 93.3 Å². The molecule has 0 aromatic carbocycles. The number of carbonyl (C=O) groups is 6. The minimum Gasteiger partial charge on any atom is -0.549 e. The normalized spacial score (nSPS) is 18.6. The summed E-state index contributed by atoms with van der Waals surface area (Å²) < 4.78 is 22.7. The molecule has 29 nitrogen and oxygen atoms in total. The van der Waals surface area contributed by atoms with Crippen molar-refractivity contribution in [3.05, 3.63) is 0 Å². The number of carboxylic acid groups (broad SMARTS) is 6. The number of aliphatic hydroxyl groups excluding tert-OH is 4. The Morgan fingerprint density at radius 1 is 0.368 bits per heavy atom. The summed E-state index contributed by atoms with van der Waals surface area (Å²) in [5, 5.41) is 112. The number of carbonyl (C=O) groups excluding carboxylic acids is 6. The molecule has 0 bridgehead atoms. The molecule has 0 amide bonds. The van der Waals surface area contributed by atoms with Crippen molar-refractivity contribution in [2.75, 3.05) is 236 Å². The summed E-state index contributed by atoms with van der Waals surface area (Å²) in [5.41, 5.74) is 0. The number of rotatable bonds is 35. The zero-order valence-corrected chi connectivity index (χ0v) is 47.8. The molecule has 0 aliphatic carbocycles. The molecular weight excluding hydrogens is 1300 g/mol. The van der Waals surface area contributed by atoms with E-state index in [1.807, 2.05) is 9.80 Å². The molecule has 2 atom stereocenters. The minimum absolute atomic E-state index is 0. The van der Waals surface area contributed by atoms with Gasteiger partial charge in [-0.1, -0.05) is 0 Å². The van der Waals surface area contributed by atoms with Crippen molar-refractivity contribution in [3.63, 3.8) is 0 Å². The van der Waals surface area contributed by atoms with E-state index in [1.54, 1.807) is 24.5 Å². The number of β-amino-alcohol motifs (C(OH)–C–C–N with tert-alkyl or cyclic N) is 2. The smallest absolute Gasteiger partial charge is 0.549 e. The Morgan fingerprint density at radius 2 is 0.579 bits per heavy atom. The van der Waals surface area contributed by atoms with E-state index in [2.05, 4.69) is 0 Å². The first-order valence-corrected chi connectivity index (χ1v) is 25.0. The topological polar surface area (TPSA) is 388 Å². The van der Waals surface area contributed by atoms with Gasteiger partial charge in [-0.15, -0.1) is 0 Å². The molecule has 0 saturated carbocycles. The molecule has 2 aliphatic heterocycles. The fraction of sp³-hybridized carbons (Fsp3) is 0.867. The van der Waals surface area contributed by atoms with E-state index in [0.717, 1.165) is 0 Å². The Labute approximate surface area is 508 Å². The number of aliphatic hydroxyl groups is 4. The van der Waals surface area contributed by atoms with E-state index in [0.29, 0.717) is 0 Å². The van der Waals surface area contributed by atoms with E-state index >= 15 is 0 Å². The largest absolute Gasteiger partial charge is 3.00 e. The Bertz CT molecular complexity index is 1440. The molecule has 2 unspecified atom stereocenters. The van der Waals surface area contributed by atoms with Crippen LogP contribution < -0.4 is 30.6 Å². The van der Waals surface area contributed by atoms with Crippen molar-refractivity contribution in [1.82, 2.24) is 44.1 Å². The molecule has 2 saturated heterocycles. The number of aliphatic carboxylic acids is 6. The van der Waals surface area contributed by atoms with E-state index in [9.17, 15) is 69.6 Å². The molecule has 2 heterocycles. The van der Waals surface area contributed by atoms with Gasteiger partial charge in [0.2, 0.25) is 0 Å². The Kier molecular flexibility index (Phi) is 44.7. The van der Waals surface area contributed by atoms with Crippen LogP contribution in [0.2, 0.25) is 0 Å². The minimum atomic E-state index is -1.36. The molecule has 0 spiro atoms. The number of nitrogens with zero attached hydrogens (tertiary/aromatic N) is 9. The van der Waals surface area contributed by atoms with Crippen molar-refractivity contribution < 1.29 is 179 Å². The van der Waals surface area contributed by atoms with Gasteiger partial charge >= 0.3 is 79.9 Å². The van der Waals surface area contributed by atoms with Gasteiger partial charge in [0.05, 0.1) is 120 Å². The maximum atomic E-state index is 12.0. The fourth-order valence-corrected chi connectivity index (χ4v) is 8.46. The van der Waals surface area contributed by atoms with Crippen LogP contribution in [0.3, 0.4) is 0 Å². The molecule has 76 heavy (non-hydrogen) atoms. The molecule has 2 radical (unpaired) electrons. The van der Waals surface area contributed by atoms with Crippen molar-refractivity contribution in [3.8, 4) is 0 Å². The van der Waals surface area contributed by atoms with Gasteiger partial charge < -0.3 is 98.8 Å². The van der Waals surface area contributed by atoms with Gasteiger partial charge in [0.25, 0.3) is 0 Å². The van der Waals surface area contributed by atoms with Gasteiger partial charge in [-0.25, -0.2) is 0 Å². The zero-order valence-electron chi connectivity index (χ0n) is 43.2. The van der Waals surface area contributed by atoms with Crippen LogP contribution in [0.25, 0.3) is 0 Å². The molecular formula is C45H79Gd2N9O20. The summed E-state index contributed by atoms with van der Waals surface area (Å²) >= 11 is 0. The van der Waals surface area contributed by atoms with Crippen LogP contribution in [0.15, 0.2) is 0 Å². The fourth-order valence-electron chi connectivity index (χ4n) is 8.46. The van der Waals surface area contributed by atoms with Crippen LogP contribution in [0.5, 0.6) is 0 Å². The number of carboxylic acids is 6. The van der Waals surface area contributed by atoms with Crippen LogP contribution in [0, 0.1) is 79.9 Å². The quantitative estimate of drug-likeness (QED) is 0.0428. The summed E-state index contributed by atoms with van der Waals surface area (Å²) in [7, 11) is 0. The average molecular weight is 1380 g/mol. The van der Waals surface area contributed by atoms with Crippen LogP contribution in [0.1, 0.15) is 0 Å². The third kappa shape index (κ3) is 38.4. The summed E-state index contributed by atoms with van der Waals surface area (Å²) in [5.74, 6) is -8.16. The molecule has 31 heteroatoms. The molecule has 0 aromatic heterocycles. The van der Waals surface area contributed by atoms with E-state index in [1.165, 1.54) is 9.80 Å². The Hall–Kier alpha value is -1.21. The Balaban J connectivity index is 0.0000281. The van der Waals surface area contributed by atoms with Crippen LogP contribution >= 0.6 is 0 Å². The predicted octanol–water partition coefficient (Wildman–Crippen LogP) is -14.6. The second kappa shape index (κ2) is 45.4. The molecule has 2 rings (SSSR count). The first kappa shape index (κ1) is 74.8. The molecule has 4 N–H and O–H groups in total. The first-order valence-electron chi connectivity index (χ1n) is 25.0. The molecule has 0 aromatic rings. The second-order valence-corrected chi connectivity index (χ2v) is 18.2. The van der Waals surface area contributed by atoms with Gasteiger partial charge in [-0.05, 0) is 0 Å². The zero-order chi connectivity index (χ0) is 54.7. The third-order valence-electron chi connectivity index (χ3n) is 12.2. The van der Waals surface area contributed by atoms with Gasteiger partial charge in [0, 0.05) is 170 Å². The van der Waals surface area contributed by atoms with Crippen molar-refractivity contribution in [2.45, 2.75) is 18.2 Å². The van der Waals surface area contributed by atoms with Crippen LogP contribution in [-0.4, -0.2) is 355 Å². The number of hydrogen-bond donors (Lipinski definition) is 4. The van der Waals surface area contributed by atoms with Crippen molar-refractivity contribution >= 4 is 35.8 Å². The monoisotopic (exact) mass is 1380 g/mol. The molecule has 2 fully saturated rings. The van der Waals surface area contributed by atoms with Crippen molar-refractivity contribution in [2.24, 2.45) is 0 Å². The van der Waals surface area contributed by atoms with Crippen LogP contribution in [0.4, 0.5) is 0 Å². The summed E-state index contributed by atoms with van der Waals surface area (Å²) in [6, 6.07) is -0.658. The summed E-state index contributed by atoms with van der Waals surface area (Å²) in [6.45, 7) is -0.715. The molecule has 440 valence electrons. The first-order chi connectivity index (χ1) is 35.3. The van der Waals surface area contributed by atoms with E-state index in [-0.39, 0.29) is 277 Å². The summed E-state index contributed by atoms with van der Waals surface area (Å²) in [4.78, 5) is 84.9. The van der Waals surface area contributed by atoms with Gasteiger partial charge in [-0.3, -0.25) is 44.1 Å². The maximum absolute atomic E-state index is 12.0. The second-order valence-electron chi connectivity index (χ2n) is 18.2. The van der Waals surface area contributed by atoms with Gasteiger partial charge in [-0.2, -0.15) is 0 Å². The standard InChI is InChI=1S/C45H85N9O20.2Gd/c55-17-19-71-21-23-73-35-37(36-74-24-22-72-20-18-56)54(27-38(57)25-46-1-5-48(29-40(59)60)9-13-52(33-44(67)68)14-10-49(6-2-46)30-41(61)62)28-39(58)26-47-3-7-50(31-42(63)64)11-15-53(34-45(69)70)16-12-51(8-4-47)32-43(65)66;;/h37-39,55-58H,1-36H2,(H,59,60)(H,61,62)(H,63,64)(H,65,66)(H,67,68)(H,69,70);;/q;2*+3/p-6. The maximum Gasteiger partial charge on any atom is 3.00 e. The van der Waals surface area contributed by atoms with Crippen LogP contribution in [-0.2, 0) is 47.7 Å². The number of hydrogen-bond acceptors (Lipinski definition) is 29. The third-order valence-corrected chi connectivity index (χ3v) is 12.2. The molecule has 2 aliphatic rings. The SMILES string of the molecule is O=C([O-])CN1CCN(CC(=O)[O-])CCN(CC(O)CN(CC(O)CN2CCN(CC(=O)[O-])CCN(CC(=O)[O-])CCN(CC(=O)[O-])CC2)C(COCCOCCO)COCCOCCO)CCN(CC(=O)[O-])CC1.[Gd+3].[Gd+3]. The van der Waals surface area contributed by atoms with Crippen molar-refractivity contribution in [1.29, 1.82) is 0 Å². The Morgan fingerprint density at radius 3 is 0.789 bits per heavy atom. The van der Waals surface area contributed by atoms with Gasteiger partial charge in [0.15, 0.2) is 0 Å². The predicted molar refractivity (Wildman–Crippen MR) is 246 cm³/mol.